The second-order valence-electron chi connectivity index (χ2n) is 10.6. The number of nitrogens with one attached hydrogen (secondary N) is 2. The van der Waals surface area contributed by atoms with Gasteiger partial charge >= 0.3 is 6.18 Å². The minimum atomic E-state index is -4.49. The number of rotatable bonds is 9. The molecule has 0 spiro atoms. The highest BCUT2D eigenvalue weighted by molar-refractivity contribution is 6.32. The van der Waals surface area contributed by atoms with Crippen molar-refractivity contribution in [1.29, 1.82) is 10.5 Å². The Bertz CT molecular complexity index is 1700. The molecule has 2 atom stereocenters. The van der Waals surface area contributed by atoms with Crippen LogP contribution in [0, 0.1) is 35.0 Å². The number of nitriles is 2. The van der Waals surface area contributed by atoms with Gasteiger partial charge in [-0.2, -0.15) is 23.7 Å². The van der Waals surface area contributed by atoms with Crippen LogP contribution in [-0.2, 0) is 0 Å². The van der Waals surface area contributed by atoms with E-state index in [1.165, 1.54) is 16.9 Å². The van der Waals surface area contributed by atoms with Crippen molar-refractivity contribution < 1.29 is 17.6 Å². The second-order valence-corrected chi connectivity index (χ2v) is 11.0. The summed E-state index contributed by atoms with van der Waals surface area (Å²) in [6, 6.07) is 11.2. The van der Waals surface area contributed by atoms with Crippen molar-refractivity contribution in [1.82, 2.24) is 20.0 Å². The molecule has 2 aromatic carbocycles. The van der Waals surface area contributed by atoms with Crippen molar-refractivity contribution in [2.24, 2.45) is 5.41 Å². The SMILES string of the molecule is Cc1c(C#N)cccc1[C@H](Nc1cc(Cl)cc2c(NCC(C)(C)C(F)(F)F)c(C#N)cnc12)c1cn([C@@H](C)CF)nn1. The maximum Gasteiger partial charge on any atom is 0.395 e. The van der Waals surface area contributed by atoms with Crippen LogP contribution in [0.1, 0.15) is 60.8 Å². The Kier molecular flexibility index (Phi) is 8.60. The topological polar surface area (TPSA) is 115 Å². The lowest BCUT2D eigenvalue weighted by Crippen LogP contribution is -2.38. The first-order valence-corrected chi connectivity index (χ1v) is 13.3. The molecule has 42 heavy (non-hydrogen) atoms. The Morgan fingerprint density at radius 3 is 2.48 bits per heavy atom. The van der Waals surface area contributed by atoms with E-state index < -0.39 is 36.9 Å². The largest absolute Gasteiger partial charge is 0.395 e. The lowest BCUT2D eigenvalue weighted by Gasteiger charge is -2.29. The average molecular weight is 599 g/mol. The van der Waals surface area contributed by atoms with Gasteiger partial charge in [-0.1, -0.05) is 28.9 Å². The van der Waals surface area contributed by atoms with E-state index in [2.05, 4.69) is 32.0 Å². The molecule has 2 heterocycles. The fourth-order valence-electron chi connectivity index (χ4n) is 4.33. The summed E-state index contributed by atoms with van der Waals surface area (Å²) >= 11 is 6.50. The smallest absolute Gasteiger partial charge is 0.382 e. The molecule has 0 unspecified atom stereocenters. The van der Waals surface area contributed by atoms with Crippen LogP contribution in [0.2, 0.25) is 5.02 Å². The summed E-state index contributed by atoms with van der Waals surface area (Å²) in [7, 11) is 0. The molecule has 218 valence electrons. The molecule has 2 aromatic heterocycles. The number of benzene rings is 2. The molecule has 0 fully saturated rings. The monoisotopic (exact) mass is 598 g/mol. The van der Waals surface area contributed by atoms with Crippen molar-refractivity contribution in [3.63, 3.8) is 0 Å². The van der Waals surface area contributed by atoms with Crippen LogP contribution in [0.5, 0.6) is 0 Å². The van der Waals surface area contributed by atoms with Gasteiger partial charge in [0.2, 0.25) is 0 Å². The van der Waals surface area contributed by atoms with Gasteiger partial charge in [-0.25, -0.2) is 9.07 Å². The molecule has 0 radical (unpaired) electrons. The van der Waals surface area contributed by atoms with Crippen LogP contribution in [0.25, 0.3) is 10.9 Å². The van der Waals surface area contributed by atoms with Gasteiger partial charge in [-0.05, 0) is 57.0 Å². The Morgan fingerprint density at radius 2 is 1.83 bits per heavy atom. The molecule has 0 saturated carbocycles. The van der Waals surface area contributed by atoms with Crippen molar-refractivity contribution in [2.45, 2.75) is 46.0 Å². The zero-order chi connectivity index (χ0) is 30.8. The number of hydrogen-bond donors (Lipinski definition) is 2. The highest BCUT2D eigenvalue weighted by Crippen LogP contribution is 2.40. The number of anilines is 2. The molecule has 0 saturated heterocycles. The van der Waals surface area contributed by atoms with Crippen LogP contribution in [0.4, 0.5) is 28.9 Å². The number of hydrogen-bond acceptors (Lipinski definition) is 7. The molecule has 0 amide bonds. The van der Waals surface area contributed by atoms with Gasteiger partial charge in [-0.3, -0.25) is 4.98 Å². The zero-order valence-electron chi connectivity index (χ0n) is 23.2. The lowest BCUT2D eigenvalue weighted by atomic mass is 9.92. The first kappa shape index (κ1) is 30.5. The van der Waals surface area contributed by atoms with Crippen LogP contribution >= 0.6 is 11.6 Å². The van der Waals surface area contributed by atoms with E-state index in [1.807, 2.05) is 12.1 Å². The summed E-state index contributed by atoms with van der Waals surface area (Å²) in [5.74, 6) is 0. The third-order valence-electron chi connectivity index (χ3n) is 7.14. The number of pyridine rings is 1. The predicted molar refractivity (Wildman–Crippen MR) is 152 cm³/mol. The van der Waals surface area contributed by atoms with E-state index in [4.69, 9.17) is 11.6 Å². The quantitative estimate of drug-likeness (QED) is 0.195. The number of fused-ring (bicyclic) bond motifs is 1. The van der Waals surface area contributed by atoms with Crippen LogP contribution in [-0.4, -0.2) is 39.4 Å². The minimum Gasteiger partial charge on any atom is -0.382 e. The first-order chi connectivity index (χ1) is 19.8. The van der Waals surface area contributed by atoms with E-state index in [0.717, 1.165) is 13.8 Å². The van der Waals surface area contributed by atoms with Crippen molar-refractivity contribution >= 4 is 33.9 Å². The van der Waals surface area contributed by atoms with Gasteiger partial charge in [0, 0.05) is 23.2 Å². The van der Waals surface area contributed by atoms with Gasteiger partial charge in [-0.15, -0.1) is 5.10 Å². The Labute approximate surface area is 244 Å². The van der Waals surface area contributed by atoms with E-state index in [-0.39, 0.29) is 16.3 Å². The van der Waals surface area contributed by atoms with Crippen LogP contribution in [0.3, 0.4) is 0 Å². The summed E-state index contributed by atoms with van der Waals surface area (Å²) in [5, 5.41) is 34.4. The van der Waals surface area contributed by atoms with Crippen molar-refractivity contribution in [2.75, 3.05) is 23.9 Å². The molecule has 0 aliphatic carbocycles. The number of halogens is 5. The highest BCUT2D eigenvalue weighted by atomic mass is 35.5. The number of nitrogens with zero attached hydrogens (tertiary/aromatic N) is 6. The van der Waals surface area contributed by atoms with Gasteiger partial charge in [0.15, 0.2) is 0 Å². The third-order valence-corrected chi connectivity index (χ3v) is 7.35. The normalized spacial score (nSPS) is 13.3. The second kappa shape index (κ2) is 11.8. The highest BCUT2D eigenvalue weighted by Gasteiger charge is 2.47. The number of aromatic nitrogens is 4. The minimum absolute atomic E-state index is 0.0472. The lowest BCUT2D eigenvalue weighted by molar-refractivity contribution is -0.206. The van der Waals surface area contributed by atoms with E-state index in [1.54, 1.807) is 38.2 Å². The van der Waals surface area contributed by atoms with Gasteiger partial charge < -0.3 is 10.6 Å². The molecular weight excluding hydrogens is 572 g/mol. The molecule has 13 heteroatoms. The standard InChI is InChI=1S/C29H27ClF4N8/c1-16(10-31)42-14-24(40-41-42)27(21-7-5-6-18(11-35)17(21)2)39-23-9-20(30)8-22-25(19(12-36)13-37-26(22)23)38-15-28(3,4)29(32,33)34/h5-9,13-14,16,27,39H,10,15H2,1-4H3,(H,37,38)/t16-,27-/m0/s1. The van der Waals surface area contributed by atoms with E-state index in [9.17, 15) is 28.1 Å². The molecular formula is C29H27ClF4N8. The molecule has 0 bridgehead atoms. The Hall–Kier alpha value is -4.42. The molecule has 4 aromatic rings. The molecule has 4 rings (SSSR count). The van der Waals surface area contributed by atoms with E-state index >= 15 is 0 Å². The van der Waals surface area contributed by atoms with Gasteiger partial charge in [0.25, 0.3) is 0 Å². The third kappa shape index (κ3) is 5.95. The fourth-order valence-corrected chi connectivity index (χ4v) is 4.54. The van der Waals surface area contributed by atoms with Crippen molar-refractivity contribution in [3.05, 3.63) is 75.7 Å². The summed E-state index contributed by atoms with van der Waals surface area (Å²) in [4.78, 5) is 4.44. The Morgan fingerprint density at radius 1 is 1.12 bits per heavy atom. The maximum atomic E-state index is 13.6. The predicted octanol–water partition coefficient (Wildman–Crippen LogP) is 7.26. The van der Waals surface area contributed by atoms with Crippen LogP contribution < -0.4 is 10.6 Å². The fraction of sp³-hybridized carbons (Fsp3) is 0.345. The average Bonchev–Trinajstić information content (AvgIpc) is 3.44. The first-order valence-electron chi connectivity index (χ1n) is 12.9. The maximum absolute atomic E-state index is 13.6. The van der Waals surface area contributed by atoms with Crippen molar-refractivity contribution in [3.8, 4) is 12.1 Å². The summed E-state index contributed by atoms with van der Waals surface area (Å²) in [6.45, 7) is 4.41. The van der Waals surface area contributed by atoms with Crippen LogP contribution in [0.15, 0.2) is 42.7 Å². The number of alkyl halides is 4. The summed E-state index contributed by atoms with van der Waals surface area (Å²) < 4.78 is 55.5. The molecule has 0 aliphatic rings. The molecule has 0 aliphatic heterocycles. The Balaban J connectivity index is 1.87. The zero-order valence-corrected chi connectivity index (χ0v) is 23.9. The summed E-state index contributed by atoms with van der Waals surface area (Å²) in [5.41, 5.74) is 1.05. The summed E-state index contributed by atoms with van der Waals surface area (Å²) in [6.07, 6.45) is -1.61. The van der Waals surface area contributed by atoms with E-state index in [0.29, 0.717) is 39.0 Å². The molecule has 8 nitrogen and oxygen atoms in total. The molecule has 2 N–H and O–H groups in total. The van der Waals surface area contributed by atoms with Gasteiger partial charge in [0.05, 0.1) is 57.8 Å². The van der Waals surface area contributed by atoms with Gasteiger partial charge in [0.1, 0.15) is 18.4 Å².